The number of carbonyl (C=O) groups is 2. The van der Waals surface area contributed by atoms with Crippen LogP contribution in [-0.4, -0.2) is 41.8 Å². The highest BCUT2D eigenvalue weighted by molar-refractivity contribution is 6.05. The molecule has 1 saturated heterocycles. The van der Waals surface area contributed by atoms with Crippen LogP contribution in [0, 0.1) is 5.82 Å². The van der Waals surface area contributed by atoms with E-state index in [0.717, 1.165) is 25.9 Å². The van der Waals surface area contributed by atoms with Gasteiger partial charge in [0.15, 0.2) is 0 Å². The number of nitrogens with zero attached hydrogens (tertiary/aromatic N) is 2. The summed E-state index contributed by atoms with van der Waals surface area (Å²) in [5, 5.41) is 5.42. The molecule has 2 aliphatic rings. The SMILES string of the molecule is O=C1CC(C(=O)Nc2ccc(F)cc2)N=C(N2CCCCC2)N1. The van der Waals surface area contributed by atoms with E-state index < -0.39 is 6.04 Å². The molecule has 0 aromatic heterocycles. The average Bonchev–Trinajstić information content (AvgIpc) is 2.57. The number of aliphatic imine (C=N–C) groups is 1. The Hall–Kier alpha value is -2.44. The summed E-state index contributed by atoms with van der Waals surface area (Å²) in [6, 6.07) is 4.74. The van der Waals surface area contributed by atoms with Gasteiger partial charge in [0.25, 0.3) is 0 Å². The van der Waals surface area contributed by atoms with Gasteiger partial charge in [-0.2, -0.15) is 0 Å². The number of nitrogens with one attached hydrogen (secondary N) is 2. The Kier molecular flexibility index (Phi) is 4.55. The number of likely N-dealkylation sites (tertiary alicyclic amines) is 1. The summed E-state index contributed by atoms with van der Waals surface area (Å²) in [4.78, 5) is 30.6. The van der Waals surface area contributed by atoms with Crippen molar-refractivity contribution in [2.45, 2.75) is 31.7 Å². The monoisotopic (exact) mass is 318 g/mol. The van der Waals surface area contributed by atoms with Gasteiger partial charge in [0.1, 0.15) is 11.9 Å². The zero-order valence-electron chi connectivity index (χ0n) is 12.7. The van der Waals surface area contributed by atoms with E-state index in [1.54, 1.807) is 0 Å². The molecule has 1 fully saturated rings. The molecular weight excluding hydrogens is 299 g/mol. The van der Waals surface area contributed by atoms with Crippen LogP contribution < -0.4 is 10.6 Å². The fourth-order valence-electron chi connectivity index (χ4n) is 2.75. The number of hydrogen-bond donors (Lipinski definition) is 2. The number of guanidine groups is 1. The molecule has 23 heavy (non-hydrogen) atoms. The second-order valence-corrected chi connectivity index (χ2v) is 5.76. The Bertz CT molecular complexity index is 623. The Morgan fingerprint density at radius 2 is 1.91 bits per heavy atom. The maximum atomic E-state index is 12.9. The molecule has 1 unspecified atom stereocenters. The van der Waals surface area contributed by atoms with E-state index in [9.17, 15) is 14.0 Å². The highest BCUT2D eigenvalue weighted by Gasteiger charge is 2.29. The second-order valence-electron chi connectivity index (χ2n) is 5.76. The van der Waals surface area contributed by atoms with Crippen LogP contribution in [0.2, 0.25) is 0 Å². The Morgan fingerprint density at radius 3 is 2.61 bits per heavy atom. The zero-order chi connectivity index (χ0) is 16.2. The first-order chi connectivity index (χ1) is 11.1. The van der Waals surface area contributed by atoms with Gasteiger partial charge in [0.05, 0.1) is 6.42 Å². The van der Waals surface area contributed by atoms with Crippen LogP contribution in [0.25, 0.3) is 0 Å². The minimum absolute atomic E-state index is 0.0182. The van der Waals surface area contributed by atoms with E-state index in [1.165, 1.54) is 30.7 Å². The maximum Gasteiger partial charge on any atom is 0.249 e. The summed E-state index contributed by atoms with van der Waals surface area (Å²) in [5.74, 6) is -0.452. The predicted molar refractivity (Wildman–Crippen MR) is 84.4 cm³/mol. The minimum Gasteiger partial charge on any atom is -0.343 e. The summed E-state index contributed by atoms with van der Waals surface area (Å²) < 4.78 is 12.9. The van der Waals surface area contributed by atoms with Crippen molar-refractivity contribution in [2.75, 3.05) is 18.4 Å². The molecule has 0 radical (unpaired) electrons. The smallest absolute Gasteiger partial charge is 0.249 e. The standard InChI is InChI=1S/C16H19FN4O2/c17-11-4-6-12(7-5-11)18-15(23)13-10-14(22)20-16(19-13)21-8-2-1-3-9-21/h4-7,13H,1-3,8-10H2,(H,18,23)(H,19,20,22). The Labute approximate surface area is 133 Å². The van der Waals surface area contributed by atoms with Crippen molar-refractivity contribution in [3.8, 4) is 0 Å². The number of amides is 2. The number of benzene rings is 1. The number of rotatable bonds is 2. The van der Waals surface area contributed by atoms with E-state index in [0.29, 0.717) is 11.6 Å². The largest absolute Gasteiger partial charge is 0.343 e. The molecule has 2 N–H and O–H groups in total. The lowest BCUT2D eigenvalue weighted by Crippen LogP contribution is -2.51. The van der Waals surface area contributed by atoms with Crippen LogP contribution >= 0.6 is 0 Å². The van der Waals surface area contributed by atoms with Crippen molar-refractivity contribution in [1.29, 1.82) is 0 Å². The molecule has 3 rings (SSSR count). The third kappa shape index (κ3) is 3.85. The molecule has 0 saturated carbocycles. The van der Waals surface area contributed by atoms with Gasteiger partial charge in [0, 0.05) is 18.8 Å². The molecule has 1 aromatic rings. The first-order valence-electron chi connectivity index (χ1n) is 7.81. The molecule has 0 bridgehead atoms. The van der Waals surface area contributed by atoms with E-state index in [1.807, 2.05) is 4.90 Å². The van der Waals surface area contributed by atoms with Crippen LogP contribution in [0.4, 0.5) is 10.1 Å². The van der Waals surface area contributed by atoms with Crippen molar-refractivity contribution in [2.24, 2.45) is 4.99 Å². The highest BCUT2D eigenvalue weighted by Crippen LogP contribution is 2.15. The minimum atomic E-state index is -0.759. The van der Waals surface area contributed by atoms with Gasteiger partial charge < -0.3 is 10.2 Å². The molecule has 122 valence electrons. The number of carbonyl (C=O) groups excluding carboxylic acids is 2. The number of anilines is 1. The highest BCUT2D eigenvalue weighted by atomic mass is 19.1. The fourth-order valence-corrected chi connectivity index (χ4v) is 2.75. The first kappa shape index (κ1) is 15.5. The third-order valence-electron chi connectivity index (χ3n) is 3.98. The van der Waals surface area contributed by atoms with Gasteiger partial charge in [-0.3, -0.25) is 14.9 Å². The van der Waals surface area contributed by atoms with Crippen LogP contribution in [-0.2, 0) is 9.59 Å². The molecule has 2 amide bonds. The molecule has 1 atom stereocenters. The van der Waals surface area contributed by atoms with Crippen molar-refractivity contribution in [3.05, 3.63) is 30.1 Å². The molecule has 0 spiro atoms. The van der Waals surface area contributed by atoms with E-state index >= 15 is 0 Å². The predicted octanol–water partition coefficient (Wildman–Crippen LogP) is 1.49. The fraction of sp³-hybridized carbons (Fsp3) is 0.438. The van der Waals surface area contributed by atoms with Gasteiger partial charge in [0.2, 0.25) is 17.8 Å². The molecule has 0 aliphatic carbocycles. The maximum absolute atomic E-state index is 12.9. The summed E-state index contributed by atoms with van der Waals surface area (Å²) in [5.41, 5.74) is 0.483. The van der Waals surface area contributed by atoms with Gasteiger partial charge in [-0.1, -0.05) is 0 Å². The zero-order valence-corrected chi connectivity index (χ0v) is 12.7. The molecule has 1 aromatic carbocycles. The van der Waals surface area contributed by atoms with Gasteiger partial charge in [-0.15, -0.1) is 0 Å². The number of piperidine rings is 1. The lowest BCUT2D eigenvalue weighted by molar-refractivity contribution is -0.125. The number of halogens is 1. The second kappa shape index (κ2) is 6.76. The van der Waals surface area contributed by atoms with Gasteiger partial charge in [-0.25, -0.2) is 9.38 Å². The summed E-state index contributed by atoms with van der Waals surface area (Å²) in [6.07, 6.45) is 3.30. The van der Waals surface area contributed by atoms with Crippen LogP contribution in [0.3, 0.4) is 0 Å². The van der Waals surface area contributed by atoms with Crippen LogP contribution in [0.1, 0.15) is 25.7 Å². The van der Waals surface area contributed by atoms with E-state index in [-0.39, 0.29) is 24.1 Å². The van der Waals surface area contributed by atoms with Crippen molar-refractivity contribution in [1.82, 2.24) is 10.2 Å². The van der Waals surface area contributed by atoms with Gasteiger partial charge in [-0.05, 0) is 43.5 Å². The van der Waals surface area contributed by atoms with Crippen molar-refractivity contribution >= 4 is 23.5 Å². The van der Waals surface area contributed by atoms with E-state index in [4.69, 9.17) is 0 Å². The van der Waals surface area contributed by atoms with Crippen LogP contribution in [0.15, 0.2) is 29.3 Å². The Balaban J connectivity index is 1.70. The average molecular weight is 318 g/mol. The van der Waals surface area contributed by atoms with Crippen LogP contribution in [0.5, 0.6) is 0 Å². The summed E-state index contributed by atoms with van der Waals surface area (Å²) >= 11 is 0. The molecular formula is C16H19FN4O2. The Morgan fingerprint density at radius 1 is 1.22 bits per heavy atom. The van der Waals surface area contributed by atoms with E-state index in [2.05, 4.69) is 15.6 Å². The lowest BCUT2D eigenvalue weighted by Gasteiger charge is -2.32. The molecule has 6 nitrogen and oxygen atoms in total. The lowest BCUT2D eigenvalue weighted by atomic mass is 10.1. The molecule has 2 heterocycles. The number of hydrogen-bond acceptors (Lipinski definition) is 4. The topological polar surface area (TPSA) is 73.8 Å². The van der Waals surface area contributed by atoms with Crippen molar-refractivity contribution < 1.29 is 14.0 Å². The first-order valence-corrected chi connectivity index (χ1v) is 7.81. The third-order valence-corrected chi connectivity index (χ3v) is 3.98. The van der Waals surface area contributed by atoms with Gasteiger partial charge >= 0.3 is 0 Å². The van der Waals surface area contributed by atoms with Crippen molar-refractivity contribution in [3.63, 3.8) is 0 Å². The summed E-state index contributed by atoms with van der Waals surface area (Å²) in [6.45, 7) is 1.68. The molecule has 7 heteroatoms. The quantitative estimate of drug-likeness (QED) is 0.868. The summed E-state index contributed by atoms with van der Waals surface area (Å²) in [7, 11) is 0. The molecule has 2 aliphatic heterocycles. The normalized spacial score (nSPS) is 21.4.